The van der Waals surface area contributed by atoms with Gasteiger partial charge < -0.3 is 0 Å². The third-order valence-corrected chi connectivity index (χ3v) is 6.55. The summed E-state index contributed by atoms with van der Waals surface area (Å²) in [6.45, 7) is 0. The molecule has 5 heteroatoms. The van der Waals surface area contributed by atoms with Gasteiger partial charge in [0.1, 0.15) is 11.6 Å². The van der Waals surface area contributed by atoms with Crippen molar-refractivity contribution in [1.29, 1.82) is 0 Å². The Kier molecular flexibility index (Phi) is 4.24. The predicted octanol–water partition coefficient (Wildman–Crippen LogP) is 6.89. The smallest absolute Gasteiger partial charge is 0.123 e. The highest BCUT2D eigenvalue weighted by atomic mass is 79.9. The van der Waals surface area contributed by atoms with E-state index < -0.39 is 0 Å². The van der Waals surface area contributed by atoms with Crippen molar-refractivity contribution in [2.24, 2.45) is 0 Å². The van der Waals surface area contributed by atoms with E-state index in [-0.39, 0.29) is 11.6 Å². The zero-order valence-corrected chi connectivity index (χ0v) is 14.5. The van der Waals surface area contributed by atoms with Gasteiger partial charge in [0.25, 0.3) is 0 Å². The normalized spacial score (nSPS) is 10.9. The molecule has 1 aromatic heterocycles. The summed E-state index contributed by atoms with van der Waals surface area (Å²) in [6, 6.07) is 12.7. The fourth-order valence-corrected chi connectivity index (χ4v) is 4.49. The van der Waals surface area contributed by atoms with Crippen LogP contribution in [0.3, 0.4) is 0 Å². The third-order valence-electron chi connectivity index (χ3n) is 3.05. The molecule has 3 aromatic rings. The topological polar surface area (TPSA) is 0 Å². The van der Waals surface area contributed by atoms with E-state index in [1.54, 1.807) is 35.6 Å². The summed E-state index contributed by atoms with van der Waals surface area (Å²) in [5, 5.41) is 0. The molecular formula is C16H8Br2F2S. The van der Waals surface area contributed by atoms with Gasteiger partial charge in [0.05, 0.1) is 8.26 Å². The van der Waals surface area contributed by atoms with Gasteiger partial charge in [-0.25, -0.2) is 8.78 Å². The van der Waals surface area contributed by atoms with Crippen molar-refractivity contribution < 1.29 is 8.78 Å². The first kappa shape index (κ1) is 14.9. The number of hydrogen-bond donors (Lipinski definition) is 0. The van der Waals surface area contributed by atoms with E-state index in [9.17, 15) is 8.78 Å². The molecule has 0 unspecified atom stereocenters. The van der Waals surface area contributed by atoms with Gasteiger partial charge in [-0.15, -0.1) is 11.3 Å². The Morgan fingerprint density at radius 2 is 1.19 bits per heavy atom. The minimum Gasteiger partial charge on any atom is -0.207 e. The molecule has 1 heterocycles. The summed E-state index contributed by atoms with van der Waals surface area (Å²) in [7, 11) is 0. The lowest BCUT2D eigenvalue weighted by molar-refractivity contribution is 0.627. The van der Waals surface area contributed by atoms with Crippen LogP contribution in [-0.4, -0.2) is 0 Å². The summed E-state index contributed by atoms with van der Waals surface area (Å²) < 4.78 is 28.1. The lowest BCUT2D eigenvalue weighted by atomic mass is 10.0. The van der Waals surface area contributed by atoms with Crippen LogP contribution < -0.4 is 0 Å². The Balaban J connectivity index is 2.20. The zero-order valence-electron chi connectivity index (χ0n) is 10.5. The molecule has 0 nitrogen and oxygen atoms in total. The fraction of sp³-hybridized carbons (Fsp3) is 0. The number of rotatable bonds is 2. The Bertz CT molecular complexity index is 777. The van der Waals surface area contributed by atoms with Gasteiger partial charge in [0.15, 0.2) is 0 Å². The van der Waals surface area contributed by atoms with Crippen LogP contribution in [0.4, 0.5) is 8.78 Å². The Hall–Kier alpha value is -1.04. The van der Waals surface area contributed by atoms with Gasteiger partial charge in [-0.05, 0) is 67.3 Å². The summed E-state index contributed by atoms with van der Waals surface area (Å²) in [4.78, 5) is 1.00. The van der Waals surface area contributed by atoms with Gasteiger partial charge in [-0.1, -0.05) is 24.3 Å². The third kappa shape index (κ3) is 2.96. The summed E-state index contributed by atoms with van der Waals surface area (Å²) >= 11 is 8.63. The van der Waals surface area contributed by atoms with E-state index in [4.69, 9.17) is 0 Å². The van der Waals surface area contributed by atoms with E-state index in [0.717, 1.165) is 29.8 Å². The van der Waals surface area contributed by atoms with Gasteiger partial charge in [0.2, 0.25) is 0 Å². The van der Waals surface area contributed by atoms with Gasteiger partial charge in [-0.3, -0.25) is 0 Å². The molecule has 0 spiro atoms. The van der Waals surface area contributed by atoms with Crippen LogP contribution in [0.1, 0.15) is 0 Å². The fourth-order valence-electron chi connectivity index (χ4n) is 2.06. The van der Waals surface area contributed by atoms with E-state index >= 15 is 0 Å². The van der Waals surface area contributed by atoms with Crippen molar-refractivity contribution in [2.45, 2.75) is 0 Å². The van der Waals surface area contributed by atoms with E-state index in [1.165, 1.54) is 24.3 Å². The zero-order chi connectivity index (χ0) is 15.0. The monoisotopic (exact) mass is 428 g/mol. The van der Waals surface area contributed by atoms with Crippen molar-refractivity contribution in [3.8, 4) is 21.6 Å². The van der Waals surface area contributed by atoms with E-state index in [0.29, 0.717) is 0 Å². The average molecular weight is 430 g/mol. The molecule has 21 heavy (non-hydrogen) atoms. The second kappa shape index (κ2) is 5.99. The minimum absolute atomic E-state index is 0.267. The SMILES string of the molecule is Fc1ccc(-c2sc(Br)c(Br)c2-c2ccc(F)cc2)cc1. The van der Waals surface area contributed by atoms with Crippen LogP contribution in [0.15, 0.2) is 56.8 Å². The molecule has 3 rings (SSSR count). The molecule has 0 radical (unpaired) electrons. The van der Waals surface area contributed by atoms with Crippen LogP contribution in [-0.2, 0) is 0 Å². The van der Waals surface area contributed by atoms with Gasteiger partial charge in [0, 0.05) is 10.4 Å². The van der Waals surface area contributed by atoms with Crippen LogP contribution in [0.25, 0.3) is 21.6 Å². The molecule has 0 saturated heterocycles. The Labute approximate surface area is 141 Å². The quantitative estimate of drug-likeness (QED) is 0.416. The van der Waals surface area contributed by atoms with E-state index in [2.05, 4.69) is 31.9 Å². The molecule has 0 amide bonds. The molecule has 0 saturated carbocycles. The second-order valence-corrected chi connectivity index (χ2v) is 7.54. The molecule has 0 bridgehead atoms. The van der Waals surface area contributed by atoms with Crippen molar-refractivity contribution in [2.75, 3.05) is 0 Å². The maximum Gasteiger partial charge on any atom is 0.123 e. The molecule has 0 atom stereocenters. The summed E-state index contributed by atoms with van der Waals surface area (Å²) in [5.41, 5.74) is 2.80. The van der Waals surface area contributed by atoms with E-state index in [1.807, 2.05) is 0 Å². The Morgan fingerprint density at radius 3 is 1.71 bits per heavy atom. The molecule has 2 aromatic carbocycles. The highest BCUT2D eigenvalue weighted by molar-refractivity contribution is 9.13. The lowest BCUT2D eigenvalue weighted by Gasteiger charge is -2.06. The Morgan fingerprint density at radius 1 is 0.714 bits per heavy atom. The van der Waals surface area contributed by atoms with Gasteiger partial charge in [-0.2, -0.15) is 0 Å². The first-order valence-corrected chi connectivity index (χ1v) is 8.46. The largest absolute Gasteiger partial charge is 0.207 e. The first-order chi connectivity index (χ1) is 10.1. The molecule has 0 aliphatic carbocycles. The van der Waals surface area contributed by atoms with Crippen molar-refractivity contribution in [1.82, 2.24) is 0 Å². The number of benzene rings is 2. The van der Waals surface area contributed by atoms with Gasteiger partial charge >= 0.3 is 0 Å². The van der Waals surface area contributed by atoms with Crippen LogP contribution in [0.5, 0.6) is 0 Å². The lowest BCUT2D eigenvalue weighted by Crippen LogP contribution is -1.82. The minimum atomic E-state index is -0.271. The maximum absolute atomic E-state index is 13.1. The van der Waals surface area contributed by atoms with Crippen LogP contribution >= 0.6 is 43.2 Å². The average Bonchev–Trinajstić information content (AvgIpc) is 2.77. The second-order valence-electron chi connectivity index (χ2n) is 4.41. The molecule has 0 aliphatic heterocycles. The highest BCUT2D eigenvalue weighted by Gasteiger charge is 2.18. The summed E-state index contributed by atoms with van der Waals surface area (Å²) in [6.07, 6.45) is 0. The maximum atomic E-state index is 13.1. The molecule has 106 valence electrons. The highest BCUT2D eigenvalue weighted by Crippen LogP contribution is 2.48. The molecule has 0 aliphatic rings. The van der Waals surface area contributed by atoms with Crippen LogP contribution in [0.2, 0.25) is 0 Å². The van der Waals surface area contributed by atoms with Crippen LogP contribution in [0, 0.1) is 11.6 Å². The number of hydrogen-bond acceptors (Lipinski definition) is 1. The summed E-state index contributed by atoms with van der Waals surface area (Å²) in [5.74, 6) is -0.538. The standard InChI is InChI=1S/C16H8Br2F2S/c17-14-13(9-1-5-11(19)6-2-9)15(21-16(14)18)10-3-7-12(20)8-4-10/h1-8H. The van der Waals surface area contributed by atoms with Crippen molar-refractivity contribution >= 4 is 43.2 Å². The first-order valence-electron chi connectivity index (χ1n) is 6.06. The predicted molar refractivity (Wildman–Crippen MR) is 90.5 cm³/mol. The van der Waals surface area contributed by atoms with Crippen molar-refractivity contribution in [3.63, 3.8) is 0 Å². The van der Waals surface area contributed by atoms with Crippen molar-refractivity contribution in [3.05, 3.63) is 68.4 Å². The number of thiophene rings is 1. The number of halogens is 4. The molecular weight excluding hydrogens is 422 g/mol. The molecule has 0 fully saturated rings. The molecule has 0 N–H and O–H groups in total.